The number of nitrogens with zero attached hydrogens (tertiary/aromatic N) is 3. The van der Waals surface area contributed by atoms with Crippen molar-refractivity contribution < 1.29 is 64.4 Å². The second-order valence-electron chi connectivity index (χ2n) is 4.14. The topological polar surface area (TPSA) is 82.3 Å². The average Bonchev–Trinajstić information content (AvgIpc) is 2.34. The number of hydrogen-bond acceptors (Lipinski definition) is 4. The molecule has 0 spiro atoms. The summed E-state index contributed by atoms with van der Waals surface area (Å²) in [6.45, 7) is 0. The molecule has 2 rings (SSSR count). The van der Waals surface area contributed by atoms with Gasteiger partial charge in [0.25, 0.3) is 10.1 Å². The molecule has 8 heteroatoms. The molecule has 0 amide bonds. The quantitative estimate of drug-likeness (QED) is 0.363. The van der Waals surface area contributed by atoms with Crippen molar-refractivity contribution in [1.82, 2.24) is 5.01 Å². The largest absolute Gasteiger partial charge is 1.00 e. The van der Waals surface area contributed by atoms with Crippen LogP contribution in [0.4, 0.5) is 5.69 Å². The van der Waals surface area contributed by atoms with E-state index in [0.29, 0.717) is 16.5 Å². The molecule has 1 N–H and O–H groups in total. The molecule has 0 aliphatic carbocycles. The summed E-state index contributed by atoms with van der Waals surface area (Å²) in [6.07, 6.45) is 0. The number of rotatable bonds is 3. The van der Waals surface area contributed by atoms with E-state index in [4.69, 9.17) is 0 Å². The monoisotopic (exact) mass is 318 g/mol. The fourth-order valence-electron chi connectivity index (χ4n) is 1.71. The Labute approximate surface area is 160 Å². The number of fused-ring (bicyclic) bond motifs is 1. The predicted molar refractivity (Wildman–Crippen MR) is 72.0 cm³/mol. The molecule has 0 radical (unpaired) electrons. The van der Waals surface area contributed by atoms with Crippen LogP contribution in [0.25, 0.3) is 10.8 Å². The smallest absolute Gasteiger partial charge is 0.285 e. The third-order valence-corrected chi connectivity index (χ3v) is 3.38. The zero-order valence-electron chi connectivity index (χ0n) is 11.5. The van der Waals surface area contributed by atoms with E-state index in [2.05, 4.69) is 10.3 Å². The molecule has 6 nitrogen and oxygen atoms in total. The zero-order valence-corrected chi connectivity index (χ0v) is 15.4. The van der Waals surface area contributed by atoms with Crippen LogP contribution in [0.5, 0.6) is 0 Å². The van der Waals surface area contributed by atoms with Crippen molar-refractivity contribution in [3.63, 3.8) is 0 Å². The first-order chi connectivity index (χ1) is 8.89. The van der Waals surface area contributed by atoms with Gasteiger partial charge in [0.2, 0.25) is 0 Å². The molecule has 0 unspecified atom stereocenters. The van der Waals surface area contributed by atoms with Gasteiger partial charge in [0.1, 0.15) is 4.90 Å². The normalized spacial score (nSPS) is 11.6. The summed E-state index contributed by atoms with van der Waals surface area (Å²) >= 11 is 0. The average molecular weight is 318 g/mol. The third-order valence-electron chi connectivity index (χ3n) is 2.47. The summed E-state index contributed by atoms with van der Waals surface area (Å²) in [5, 5.41) is 10.5. The Balaban J connectivity index is 0.00000200. The molecular weight excluding hydrogens is 305 g/mol. The standard InChI is InChI=1S/C12H13N3O3S.K/c1-15(2)14-13-11-7-8-12(19(16,17)18)10-6-4-3-5-9(10)11;/h3-8H,1-2H3,(H,16,17,18);/q;+1. The molecule has 0 atom stereocenters. The van der Waals surface area contributed by atoms with E-state index in [1.54, 1.807) is 38.4 Å². The fourth-order valence-corrected chi connectivity index (χ4v) is 2.40. The van der Waals surface area contributed by atoms with Crippen molar-refractivity contribution in [2.24, 2.45) is 10.3 Å². The fraction of sp³-hybridized carbons (Fsp3) is 0.167. The second-order valence-corrected chi connectivity index (χ2v) is 5.53. The molecule has 0 saturated heterocycles. The van der Waals surface area contributed by atoms with Crippen LogP contribution in [0.15, 0.2) is 51.6 Å². The molecule has 20 heavy (non-hydrogen) atoms. The van der Waals surface area contributed by atoms with E-state index in [-0.39, 0.29) is 56.3 Å². The minimum Gasteiger partial charge on any atom is -0.285 e. The van der Waals surface area contributed by atoms with Crippen LogP contribution >= 0.6 is 0 Å². The van der Waals surface area contributed by atoms with Crippen molar-refractivity contribution in [3.05, 3.63) is 36.4 Å². The number of hydrogen-bond donors (Lipinski definition) is 1. The maximum absolute atomic E-state index is 11.3. The van der Waals surface area contributed by atoms with Gasteiger partial charge in [-0.2, -0.15) is 8.42 Å². The van der Waals surface area contributed by atoms with Crippen LogP contribution in [0.1, 0.15) is 0 Å². The maximum atomic E-state index is 11.3. The third kappa shape index (κ3) is 4.07. The molecule has 0 heterocycles. The summed E-state index contributed by atoms with van der Waals surface area (Å²) in [7, 11) is -0.791. The van der Waals surface area contributed by atoms with Crippen LogP contribution in [0.2, 0.25) is 0 Å². The van der Waals surface area contributed by atoms with E-state index in [0.717, 1.165) is 0 Å². The van der Waals surface area contributed by atoms with Crippen LogP contribution in [0, 0.1) is 0 Å². The summed E-state index contributed by atoms with van der Waals surface area (Å²) in [5.74, 6) is 0. The molecule has 2 aromatic rings. The first kappa shape index (κ1) is 17.7. The van der Waals surface area contributed by atoms with Gasteiger partial charge in [-0.05, 0) is 12.1 Å². The molecule has 0 saturated carbocycles. The van der Waals surface area contributed by atoms with E-state index >= 15 is 0 Å². The van der Waals surface area contributed by atoms with E-state index < -0.39 is 10.1 Å². The van der Waals surface area contributed by atoms with E-state index in [1.807, 2.05) is 0 Å². The van der Waals surface area contributed by atoms with Crippen molar-refractivity contribution in [2.45, 2.75) is 4.90 Å². The van der Waals surface area contributed by atoms with Gasteiger partial charge in [-0.15, -0.1) is 5.11 Å². The Morgan fingerprint density at radius 2 is 1.65 bits per heavy atom. The van der Waals surface area contributed by atoms with Gasteiger partial charge in [-0.1, -0.05) is 29.5 Å². The summed E-state index contributed by atoms with van der Waals surface area (Å²) < 4.78 is 31.8. The van der Waals surface area contributed by atoms with Gasteiger partial charge in [0, 0.05) is 24.9 Å². The SMILES string of the molecule is CN(C)N=Nc1ccc(S(=O)(=O)O)c2ccccc12.[K+]. The van der Waals surface area contributed by atoms with Gasteiger partial charge < -0.3 is 0 Å². The Bertz CT molecular complexity index is 745. The van der Waals surface area contributed by atoms with Crippen molar-refractivity contribution in [3.8, 4) is 0 Å². The van der Waals surface area contributed by atoms with Crippen LogP contribution in [-0.4, -0.2) is 32.1 Å². The van der Waals surface area contributed by atoms with Crippen LogP contribution < -0.4 is 51.4 Å². The van der Waals surface area contributed by atoms with Gasteiger partial charge in [-0.25, -0.2) is 0 Å². The molecule has 100 valence electrons. The van der Waals surface area contributed by atoms with Gasteiger partial charge in [-0.3, -0.25) is 9.56 Å². The first-order valence-corrected chi connectivity index (χ1v) is 6.92. The second kappa shape index (κ2) is 7.08. The number of benzene rings is 2. The van der Waals surface area contributed by atoms with E-state index in [9.17, 15) is 13.0 Å². The first-order valence-electron chi connectivity index (χ1n) is 5.48. The van der Waals surface area contributed by atoms with Crippen molar-refractivity contribution in [1.29, 1.82) is 0 Å². The summed E-state index contributed by atoms with van der Waals surface area (Å²) in [4.78, 5) is -0.132. The molecule has 0 aliphatic rings. The van der Waals surface area contributed by atoms with Gasteiger partial charge >= 0.3 is 51.4 Å². The Morgan fingerprint density at radius 1 is 1.05 bits per heavy atom. The van der Waals surface area contributed by atoms with Crippen molar-refractivity contribution in [2.75, 3.05) is 14.1 Å². The van der Waals surface area contributed by atoms with Gasteiger partial charge in [0.05, 0.1) is 5.69 Å². The van der Waals surface area contributed by atoms with E-state index in [1.165, 1.54) is 17.1 Å². The van der Waals surface area contributed by atoms with Crippen molar-refractivity contribution >= 4 is 26.6 Å². The summed E-state index contributed by atoms with van der Waals surface area (Å²) in [6, 6.07) is 9.65. The maximum Gasteiger partial charge on any atom is 1.00 e. The van der Waals surface area contributed by atoms with Crippen LogP contribution in [-0.2, 0) is 10.1 Å². The molecule has 0 aliphatic heterocycles. The Morgan fingerprint density at radius 3 is 2.20 bits per heavy atom. The van der Waals surface area contributed by atoms with Gasteiger partial charge in [0.15, 0.2) is 0 Å². The Hall–Kier alpha value is -0.354. The zero-order chi connectivity index (χ0) is 14.0. The molecule has 0 fully saturated rings. The molecule has 0 aromatic heterocycles. The minimum absolute atomic E-state index is 0. The molecule has 0 bridgehead atoms. The molecular formula is C12H13KN3O3S+. The minimum atomic E-state index is -4.26. The summed E-state index contributed by atoms with van der Waals surface area (Å²) in [5.41, 5.74) is 0.539. The van der Waals surface area contributed by atoms with Crippen LogP contribution in [0.3, 0.4) is 0 Å². The Kier molecular flexibility index (Phi) is 6.26. The predicted octanol–water partition coefficient (Wildman–Crippen LogP) is -0.349. The molecule has 2 aromatic carbocycles.